The van der Waals surface area contributed by atoms with Gasteiger partial charge in [-0.2, -0.15) is 0 Å². The van der Waals surface area contributed by atoms with Crippen LogP contribution in [0.2, 0.25) is 0 Å². The Balaban J connectivity index is 2.56. The van der Waals surface area contributed by atoms with E-state index in [0.29, 0.717) is 0 Å². The molecule has 2 aromatic rings. The number of rotatable bonds is 3. The van der Waals surface area contributed by atoms with E-state index in [1.165, 1.54) is 0 Å². The summed E-state index contributed by atoms with van der Waals surface area (Å²) in [5.41, 5.74) is 1.79. The summed E-state index contributed by atoms with van der Waals surface area (Å²) < 4.78 is 0. The fourth-order valence-corrected chi connectivity index (χ4v) is 1.69. The van der Waals surface area contributed by atoms with Gasteiger partial charge in [0.2, 0.25) is 0 Å². The van der Waals surface area contributed by atoms with Crippen LogP contribution in [0.4, 0.5) is 0 Å². The highest BCUT2D eigenvalue weighted by atomic mass is 17.1. The fourth-order valence-electron chi connectivity index (χ4n) is 1.69. The third-order valence-electron chi connectivity index (χ3n) is 2.41. The van der Waals surface area contributed by atoms with Crippen molar-refractivity contribution in [3.8, 4) is 0 Å². The summed E-state index contributed by atoms with van der Waals surface area (Å²) in [7, 11) is 0. The van der Waals surface area contributed by atoms with E-state index >= 15 is 0 Å². The molecule has 2 heteroatoms. The highest BCUT2D eigenvalue weighted by Crippen LogP contribution is 2.23. The second-order valence-electron chi connectivity index (χ2n) is 3.40. The average Bonchev–Trinajstić information content (AvgIpc) is 2.28. The van der Waals surface area contributed by atoms with Crippen molar-refractivity contribution in [1.82, 2.24) is 0 Å². The summed E-state index contributed by atoms with van der Waals surface area (Å²) in [4.78, 5) is 4.11. The van der Waals surface area contributed by atoms with Crippen LogP contribution in [0.3, 0.4) is 0 Å². The van der Waals surface area contributed by atoms with Gasteiger partial charge in [0, 0.05) is 0 Å². The Morgan fingerprint density at radius 1 is 1.13 bits per heavy atom. The minimum absolute atomic E-state index is 0.133. The van der Waals surface area contributed by atoms with Gasteiger partial charge in [-0.05, 0) is 21.9 Å². The number of benzene rings is 2. The lowest BCUT2D eigenvalue weighted by atomic mass is 10.00. The van der Waals surface area contributed by atoms with Gasteiger partial charge in [-0.25, -0.2) is 4.89 Å². The van der Waals surface area contributed by atoms with Gasteiger partial charge in [0.15, 0.2) is 0 Å². The molecule has 0 bridgehead atoms. The zero-order chi connectivity index (χ0) is 10.7. The van der Waals surface area contributed by atoms with Crippen LogP contribution in [0.1, 0.15) is 5.56 Å². The van der Waals surface area contributed by atoms with Crippen molar-refractivity contribution in [2.45, 2.75) is 0 Å². The maximum atomic E-state index is 8.41. The molecule has 1 N–H and O–H groups in total. The van der Waals surface area contributed by atoms with Crippen LogP contribution in [0, 0.1) is 0 Å². The molecule has 0 aliphatic rings. The molecule has 0 atom stereocenters. The van der Waals surface area contributed by atoms with Crippen LogP contribution in [0.25, 0.3) is 16.3 Å². The maximum Gasteiger partial charge on any atom is 0.107 e. The molecule has 0 saturated carbocycles. The van der Waals surface area contributed by atoms with Crippen LogP contribution in [-0.4, -0.2) is 11.9 Å². The molecule has 0 aromatic heterocycles. The predicted octanol–water partition coefficient (Wildman–Crippen LogP) is 3.34. The van der Waals surface area contributed by atoms with Crippen molar-refractivity contribution in [3.05, 3.63) is 54.6 Å². The Morgan fingerprint density at radius 2 is 1.87 bits per heavy atom. The van der Waals surface area contributed by atoms with Gasteiger partial charge in [0.05, 0.1) is 0 Å². The Morgan fingerprint density at radius 3 is 2.67 bits per heavy atom. The average molecular weight is 200 g/mol. The van der Waals surface area contributed by atoms with E-state index in [1.54, 1.807) is 0 Å². The van der Waals surface area contributed by atoms with E-state index in [4.69, 9.17) is 5.26 Å². The first-order valence-electron chi connectivity index (χ1n) is 4.75. The first-order valence-corrected chi connectivity index (χ1v) is 4.75. The van der Waals surface area contributed by atoms with Gasteiger partial charge in [-0.15, -0.1) is 0 Å². The molecule has 15 heavy (non-hydrogen) atoms. The zero-order valence-corrected chi connectivity index (χ0v) is 8.31. The van der Waals surface area contributed by atoms with Gasteiger partial charge in [0.25, 0.3) is 0 Å². The second kappa shape index (κ2) is 4.26. The van der Waals surface area contributed by atoms with E-state index in [-0.39, 0.29) is 6.61 Å². The molecule has 2 nitrogen and oxygen atoms in total. The highest BCUT2D eigenvalue weighted by molar-refractivity contribution is 5.93. The van der Waals surface area contributed by atoms with E-state index < -0.39 is 0 Å². The number of fused-ring (bicyclic) bond motifs is 1. The lowest BCUT2D eigenvalue weighted by molar-refractivity contribution is -0.229. The van der Waals surface area contributed by atoms with Crippen LogP contribution in [0.5, 0.6) is 0 Å². The Bertz CT molecular complexity index is 483. The van der Waals surface area contributed by atoms with Crippen molar-refractivity contribution in [2.24, 2.45) is 0 Å². The van der Waals surface area contributed by atoms with E-state index in [2.05, 4.69) is 11.5 Å². The molecule has 0 amide bonds. The smallest absolute Gasteiger partial charge is 0.107 e. The summed E-state index contributed by atoms with van der Waals surface area (Å²) in [6.45, 7) is 4.01. The van der Waals surface area contributed by atoms with Gasteiger partial charge in [-0.1, -0.05) is 49.0 Å². The minimum atomic E-state index is 0.133. The van der Waals surface area contributed by atoms with Crippen molar-refractivity contribution >= 4 is 16.3 Å². The molecule has 0 spiro atoms. The van der Waals surface area contributed by atoms with E-state index in [0.717, 1.165) is 21.9 Å². The fraction of sp³-hybridized carbons (Fsp3) is 0.0769. The van der Waals surface area contributed by atoms with Gasteiger partial charge < -0.3 is 0 Å². The van der Waals surface area contributed by atoms with Crippen molar-refractivity contribution in [3.63, 3.8) is 0 Å². The topological polar surface area (TPSA) is 29.5 Å². The summed E-state index contributed by atoms with van der Waals surface area (Å²) in [6, 6.07) is 14.1. The monoisotopic (exact) mass is 200 g/mol. The quantitative estimate of drug-likeness (QED) is 0.608. The molecule has 0 saturated heterocycles. The van der Waals surface area contributed by atoms with Crippen molar-refractivity contribution in [2.75, 3.05) is 6.61 Å². The third kappa shape index (κ3) is 1.91. The minimum Gasteiger partial charge on any atom is -0.251 e. The largest absolute Gasteiger partial charge is 0.251 e. The Labute approximate surface area is 88.4 Å². The SMILES string of the molecule is C=C(COO)c1cccc2ccccc12. The Hall–Kier alpha value is -1.64. The standard InChI is InChI=1S/C13H12O2/c1-10(9-15-14)12-8-4-6-11-5-2-3-7-13(11)12/h2-8,14H,1,9H2. The molecule has 2 aromatic carbocycles. The van der Waals surface area contributed by atoms with Crippen LogP contribution in [0.15, 0.2) is 49.0 Å². The lowest BCUT2D eigenvalue weighted by Gasteiger charge is -2.07. The van der Waals surface area contributed by atoms with Gasteiger partial charge in [-0.3, -0.25) is 5.26 Å². The number of hydrogen-bond acceptors (Lipinski definition) is 2. The molecule has 0 radical (unpaired) electrons. The molecule has 76 valence electrons. The molecule has 0 aliphatic carbocycles. The normalized spacial score (nSPS) is 10.5. The third-order valence-corrected chi connectivity index (χ3v) is 2.41. The lowest BCUT2D eigenvalue weighted by Crippen LogP contribution is -1.93. The van der Waals surface area contributed by atoms with Crippen LogP contribution < -0.4 is 0 Å². The molecule has 0 aliphatic heterocycles. The predicted molar refractivity (Wildman–Crippen MR) is 61.6 cm³/mol. The summed E-state index contributed by atoms with van der Waals surface area (Å²) >= 11 is 0. The maximum absolute atomic E-state index is 8.41. The van der Waals surface area contributed by atoms with Crippen molar-refractivity contribution < 1.29 is 10.1 Å². The molecular weight excluding hydrogens is 188 g/mol. The first-order chi connectivity index (χ1) is 7.33. The van der Waals surface area contributed by atoms with Crippen molar-refractivity contribution in [1.29, 1.82) is 0 Å². The summed E-state index contributed by atoms with van der Waals surface area (Å²) in [6.07, 6.45) is 0. The molecule has 0 heterocycles. The second-order valence-corrected chi connectivity index (χ2v) is 3.40. The molecule has 0 fully saturated rings. The molecule has 0 unspecified atom stereocenters. The first kappa shape index (κ1) is 9.90. The number of hydrogen-bond donors (Lipinski definition) is 1. The van der Waals surface area contributed by atoms with Crippen LogP contribution >= 0.6 is 0 Å². The van der Waals surface area contributed by atoms with E-state index in [1.807, 2.05) is 42.5 Å². The van der Waals surface area contributed by atoms with Crippen LogP contribution in [-0.2, 0) is 4.89 Å². The highest BCUT2D eigenvalue weighted by Gasteiger charge is 2.03. The summed E-state index contributed by atoms with van der Waals surface area (Å²) in [5.74, 6) is 0. The Kier molecular flexibility index (Phi) is 2.81. The molecular formula is C13H12O2. The zero-order valence-electron chi connectivity index (χ0n) is 8.31. The van der Waals surface area contributed by atoms with Gasteiger partial charge >= 0.3 is 0 Å². The van der Waals surface area contributed by atoms with E-state index in [9.17, 15) is 0 Å². The summed E-state index contributed by atoms with van der Waals surface area (Å²) in [5, 5.41) is 10.7. The molecule has 2 rings (SSSR count). The van der Waals surface area contributed by atoms with Gasteiger partial charge in [0.1, 0.15) is 6.61 Å².